The zero-order chi connectivity index (χ0) is 81.7. The van der Waals surface area contributed by atoms with Crippen molar-refractivity contribution < 1.29 is 24.7 Å². The fourth-order valence-electron chi connectivity index (χ4n) is 14.4. The quantitative estimate of drug-likeness (QED) is 0.130. The lowest BCUT2D eigenvalue weighted by molar-refractivity contribution is 1.18. The molecule has 0 unspecified atom stereocenters. The molecule has 0 atom stereocenters. The lowest BCUT2D eigenvalue weighted by Crippen LogP contribution is -1.94. The molecular weight excluding hydrogens is 1210 g/mol. The van der Waals surface area contributed by atoms with E-state index in [1.807, 2.05) is 48.5 Å². The first kappa shape index (κ1) is 42.3. The fourth-order valence-corrected chi connectivity index (χ4v) is 14.4. The van der Waals surface area contributed by atoms with Crippen LogP contribution in [0.3, 0.4) is 0 Å². The molecule has 4 heterocycles. The van der Waals surface area contributed by atoms with Gasteiger partial charge in [-0.15, -0.1) is 0 Å². The van der Waals surface area contributed by atoms with Gasteiger partial charge >= 0.3 is 0 Å². The van der Waals surface area contributed by atoms with Crippen LogP contribution in [0.4, 0.5) is 0 Å². The van der Waals surface area contributed by atoms with Crippen LogP contribution < -0.4 is 0 Å². The molecule has 4 aromatic heterocycles. The second-order valence-electron chi connectivity index (χ2n) is 24.6. The number of hydrogen-bond donors (Lipinski definition) is 0. The third-order valence-corrected chi connectivity index (χ3v) is 19.0. The van der Waals surface area contributed by atoms with Crippen LogP contribution in [0.1, 0.15) is 24.7 Å². The molecule has 0 saturated carbocycles. The maximum absolute atomic E-state index is 9.44. The second kappa shape index (κ2) is 24.4. The van der Waals surface area contributed by atoms with E-state index in [0.717, 1.165) is 22.5 Å². The smallest absolute Gasteiger partial charge is 0.0651 e. The van der Waals surface area contributed by atoms with E-state index in [2.05, 4.69) is 203 Å². The van der Waals surface area contributed by atoms with E-state index in [1.54, 1.807) is 45.5 Å². The van der Waals surface area contributed by atoms with Crippen LogP contribution in [0.5, 0.6) is 0 Å². The van der Waals surface area contributed by atoms with Crippen molar-refractivity contribution in [2.75, 3.05) is 0 Å². The summed E-state index contributed by atoms with van der Waals surface area (Å²) in [6, 6.07) is 85.1. The molecule has 0 N–H and O–H groups in total. The van der Waals surface area contributed by atoms with Crippen molar-refractivity contribution in [3.05, 3.63) is 388 Å². The van der Waals surface area contributed by atoms with E-state index in [1.165, 1.54) is 77.0 Å². The minimum absolute atomic E-state index is 0.118. The molecule has 0 amide bonds. The summed E-state index contributed by atoms with van der Waals surface area (Å²) in [6.45, 7) is 0. The van der Waals surface area contributed by atoms with Crippen molar-refractivity contribution >= 4 is 87.2 Å². The Morgan fingerprint density at radius 3 is 0.770 bits per heavy atom. The van der Waals surface area contributed by atoms with Crippen LogP contribution in [0.25, 0.3) is 177 Å². The van der Waals surface area contributed by atoms with Crippen LogP contribution in [0, 0.1) is 0 Å². The number of hydrogen-bond acceptors (Lipinski definition) is 0. The van der Waals surface area contributed by atoms with Crippen LogP contribution in [-0.2, 0) is 0 Å². The average Bonchev–Trinajstić information content (AvgIpc) is 1.47. The van der Waals surface area contributed by atoms with Gasteiger partial charge in [0.15, 0.2) is 0 Å². The van der Waals surface area contributed by atoms with Gasteiger partial charge in [0, 0.05) is 65.8 Å². The average molecular weight is 1290 g/mol. The first-order valence-electron chi connectivity index (χ1n) is 41.9. The van der Waals surface area contributed by atoms with Gasteiger partial charge in [-0.2, -0.15) is 0 Å². The standard InChI is InChI=1S/2C48H32N2/c2*1-3-13-33(14-4-1)35-17-11-19-39(29-35)49-45-23-9-7-21-41(45)43-31-37(25-27-47(43)49)38-26-28-48-44(32-38)42-22-8-10-24-46(42)50(48)40-20-12-18-36(30-40)34-15-5-2-6-16-34/h2*1-32H/i1D,2D,3D,4D,5D,6D,11D,12D,13D,14D,15D,16D,17D,18D,19D,20D,29D,30D;. The Balaban J connectivity index is 0.000000164. The van der Waals surface area contributed by atoms with Gasteiger partial charge in [-0.3, -0.25) is 0 Å². The van der Waals surface area contributed by atoms with Crippen molar-refractivity contribution in [1.82, 2.24) is 18.3 Å². The largest absolute Gasteiger partial charge is 0.309 e. The summed E-state index contributed by atoms with van der Waals surface area (Å²) in [4.78, 5) is 0. The summed E-state index contributed by atoms with van der Waals surface area (Å²) >= 11 is 0. The van der Waals surface area contributed by atoms with Crippen molar-refractivity contribution in [1.29, 1.82) is 0 Å². The Kier molecular flexibility index (Phi) is 10.3. The number of aromatic nitrogens is 4. The van der Waals surface area contributed by atoms with E-state index in [9.17, 15) is 2.74 Å². The third kappa shape index (κ3) is 10.1. The Morgan fingerprint density at radius 1 is 0.160 bits per heavy atom. The molecule has 0 radical (unpaired) electrons. The molecule has 0 spiro atoms. The van der Waals surface area contributed by atoms with E-state index in [-0.39, 0.29) is 22.5 Å². The van der Waals surface area contributed by atoms with Gasteiger partial charge in [-0.05, 0) is 188 Å². The molecule has 20 aromatic rings. The van der Waals surface area contributed by atoms with Crippen molar-refractivity contribution in [2.24, 2.45) is 0 Å². The maximum Gasteiger partial charge on any atom is 0.0651 e. The fraction of sp³-hybridized carbons (Fsp3) is 0. The highest BCUT2D eigenvalue weighted by molar-refractivity contribution is 6.15. The summed E-state index contributed by atoms with van der Waals surface area (Å²) in [5.41, 5.74) is 16.2. The molecule has 0 aliphatic heterocycles. The molecular formula is C96H64N4. The third-order valence-electron chi connectivity index (χ3n) is 19.0. The molecule has 0 fully saturated rings. The van der Waals surface area contributed by atoms with Gasteiger partial charge in [0.2, 0.25) is 0 Å². The van der Waals surface area contributed by atoms with E-state index < -0.39 is 120 Å². The van der Waals surface area contributed by atoms with E-state index in [4.69, 9.17) is 21.9 Å². The van der Waals surface area contributed by atoms with E-state index >= 15 is 0 Å². The van der Waals surface area contributed by atoms with Gasteiger partial charge in [-0.25, -0.2) is 0 Å². The molecule has 468 valence electrons. The lowest BCUT2D eigenvalue weighted by atomic mass is 10.0. The monoisotopic (exact) mass is 1290 g/mol. The number of benzene rings is 16. The Morgan fingerprint density at radius 2 is 0.430 bits per heavy atom. The first-order valence-corrected chi connectivity index (χ1v) is 32.9. The minimum atomic E-state index is -0.664. The highest BCUT2D eigenvalue weighted by Gasteiger charge is 2.20. The van der Waals surface area contributed by atoms with Crippen LogP contribution in [0.2, 0.25) is 0 Å². The molecule has 0 aliphatic rings. The van der Waals surface area contributed by atoms with Crippen LogP contribution in [-0.4, -0.2) is 18.3 Å². The molecule has 16 aromatic carbocycles. The molecule has 0 saturated heterocycles. The Hall–Kier alpha value is -13.3. The Bertz CT molecular complexity index is 7160. The lowest BCUT2D eigenvalue weighted by Gasteiger charge is -2.11. The summed E-state index contributed by atoms with van der Waals surface area (Å²) in [7, 11) is 0. The molecule has 4 heteroatoms. The summed E-state index contributed by atoms with van der Waals surface area (Å²) < 4.78 is 164. The van der Waals surface area contributed by atoms with Crippen LogP contribution >= 0.6 is 0 Å². The maximum atomic E-state index is 9.44. The van der Waals surface area contributed by atoms with Gasteiger partial charge in [-0.1, -0.05) is 267 Å². The zero-order valence-electron chi connectivity index (χ0n) is 71.3. The summed E-state index contributed by atoms with van der Waals surface area (Å²) in [5.74, 6) is 0. The normalized spacial score (nSPS) is 14.1. The van der Waals surface area contributed by atoms with Crippen molar-refractivity contribution in [3.63, 3.8) is 0 Å². The number of fused-ring (bicyclic) bond motifs is 12. The number of para-hydroxylation sites is 4. The molecule has 0 aliphatic carbocycles. The van der Waals surface area contributed by atoms with E-state index in [0.29, 0.717) is 43.6 Å². The molecule has 4 nitrogen and oxygen atoms in total. The highest BCUT2D eigenvalue weighted by Crippen LogP contribution is 2.43. The van der Waals surface area contributed by atoms with Gasteiger partial charge < -0.3 is 18.3 Å². The van der Waals surface area contributed by atoms with Gasteiger partial charge in [0.1, 0.15) is 0 Å². The minimum Gasteiger partial charge on any atom is -0.309 e. The number of nitrogens with zero attached hydrogens (tertiary/aromatic N) is 4. The van der Waals surface area contributed by atoms with Crippen molar-refractivity contribution in [2.45, 2.75) is 0 Å². The van der Waals surface area contributed by atoms with Crippen molar-refractivity contribution in [3.8, 4) is 89.5 Å². The topological polar surface area (TPSA) is 19.7 Å². The second-order valence-corrected chi connectivity index (χ2v) is 24.6. The molecule has 20 rings (SSSR count). The summed E-state index contributed by atoms with van der Waals surface area (Å²) in [5, 5.41) is 7.79. The van der Waals surface area contributed by atoms with Gasteiger partial charge in [0.25, 0.3) is 0 Å². The highest BCUT2D eigenvalue weighted by atomic mass is 15.0. The summed E-state index contributed by atoms with van der Waals surface area (Å²) in [6.07, 6.45) is 0. The molecule has 0 bridgehead atoms. The van der Waals surface area contributed by atoms with Crippen LogP contribution in [0.15, 0.2) is 388 Å². The zero-order valence-corrected chi connectivity index (χ0v) is 53.3. The predicted octanol–water partition coefficient (Wildman–Crippen LogP) is 25.8. The number of rotatable bonds is 10. The first-order chi connectivity index (χ1) is 57.1. The molecule has 100 heavy (non-hydrogen) atoms. The SMILES string of the molecule is [2H]c1c([2H])c([2H])c(-c2c([2H])c([2H])c([2H])c(-n3c4ccccc4c4cc(-c5ccc6c(c5)c5ccccc5n6-c5c([2H])c([2H])c([2H])c(-c6c([2H])c([2H])c([2H])c([2H])c6[2H])c5[2H])ccc43)c2[2H])c([2H])c1[2H].c1ccc(-c2cccc(-n3c4ccccc4c4cc(-c5ccc6c(c5)c5ccccc5n6-c5cccc(-c6ccccc6)c5)ccc43)c2)cc1. The predicted molar refractivity (Wildman–Crippen MR) is 423 cm³/mol. The van der Waals surface area contributed by atoms with Gasteiger partial charge in [0.05, 0.1) is 68.8 Å². The Labute approximate surface area is 604 Å².